The van der Waals surface area contributed by atoms with E-state index in [-0.39, 0.29) is 17.0 Å². The molecule has 3 rings (SSSR count). The Hall–Kier alpha value is -2.81. The van der Waals surface area contributed by atoms with Crippen LogP contribution in [-0.4, -0.2) is 14.3 Å². The largest absolute Gasteiger partial charge is 0.418 e. The van der Waals surface area contributed by atoms with Crippen molar-refractivity contribution < 1.29 is 26.4 Å². The number of allylic oxidation sites excluding steroid dienone is 1. The highest BCUT2D eigenvalue weighted by molar-refractivity contribution is 7.96. The Morgan fingerprint density at radius 2 is 1.79 bits per heavy atom. The lowest BCUT2D eigenvalue weighted by molar-refractivity contribution is -0.136. The predicted octanol–water partition coefficient (Wildman–Crippen LogP) is 4.39. The van der Waals surface area contributed by atoms with Gasteiger partial charge in [0.2, 0.25) is 5.91 Å². The van der Waals surface area contributed by atoms with Crippen LogP contribution in [-0.2, 0) is 27.4 Å². The van der Waals surface area contributed by atoms with Gasteiger partial charge in [0.05, 0.1) is 16.2 Å². The fraction of sp³-hybridized carbons (Fsp3) is 0.211. The molecule has 2 N–H and O–H groups in total. The van der Waals surface area contributed by atoms with E-state index in [1.807, 2.05) is 16.9 Å². The van der Waals surface area contributed by atoms with Crippen molar-refractivity contribution in [1.29, 1.82) is 0 Å². The average Bonchev–Trinajstić information content (AvgIpc) is 2.61. The maximum absolute atomic E-state index is 13.4. The number of halogens is 3. The van der Waals surface area contributed by atoms with E-state index in [1.165, 1.54) is 12.1 Å². The summed E-state index contributed by atoms with van der Waals surface area (Å²) in [6.07, 6.45) is -2.66. The smallest absolute Gasteiger partial charge is 0.326 e. The van der Waals surface area contributed by atoms with Crippen LogP contribution in [0.1, 0.15) is 30.0 Å². The summed E-state index contributed by atoms with van der Waals surface area (Å²) >= 11 is 0. The van der Waals surface area contributed by atoms with Crippen LogP contribution in [0, 0.1) is 0 Å². The Morgan fingerprint density at radius 1 is 1.07 bits per heavy atom. The van der Waals surface area contributed by atoms with Crippen LogP contribution >= 0.6 is 0 Å². The van der Waals surface area contributed by atoms with Crippen LogP contribution in [0.2, 0.25) is 0 Å². The summed E-state index contributed by atoms with van der Waals surface area (Å²) in [5.41, 5.74) is -0.141. The first-order valence-electron chi connectivity index (χ1n) is 8.36. The summed E-state index contributed by atoms with van der Waals surface area (Å²) < 4.78 is 67.7. The van der Waals surface area contributed by atoms with E-state index in [2.05, 4.69) is 5.32 Å². The Labute approximate surface area is 160 Å². The molecule has 0 bridgehead atoms. The zero-order chi connectivity index (χ0) is 20.5. The number of sulfonamides is 1. The van der Waals surface area contributed by atoms with Gasteiger partial charge in [-0.05, 0) is 48.2 Å². The van der Waals surface area contributed by atoms with Crippen molar-refractivity contribution in [3.05, 3.63) is 64.1 Å². The van der Waals surface area contributed by atoms with E-state index < -0.39 is 33.4 Å². The van der Waals surface area contributed by atoms with Crippen LogP contribution in [0.5, 0.6) is 0 Å². The third-order valence-electron chi connectivity index (χ3n) is 4.25. The van der Waals surface area contributed by atoms with Gasteiger partial charge in [-0.25, -0.2) is 8.42 Å². The molecule has 2 aromatic carbocycles. The molecule has 1 aliphatic carbocycles. The van der Waals surface area contributed by atoms with Crippen LogP contribution in [0.4, 0.5) is 24.5 Å². The lowest BCUT2D eigenvalue weighted by Crippen LogP contribution is -2.20. The average molecular weight is 410 g/mol. The summed E-state index contributed by atoms with van der Waals surface area (Å²) in [4.78, 5) is 11.1. The van der Waals surface area contributed by atoms with Gasteiger partial charge in [-0.3, -0.25) is 9.52 Å². The second kappa shape index (κ2) is 7.31. The Bertz CT molecular complexity index is 1060. The molecule has 5 nitrogen and oxygen atoms in total. The predicted molar refractivity (Wildman–Crippen MR) is 101 cm³/mol. The number of aryl methyl sites for hydroxylation is 1. The molecule has 2 aromatic rings. The molecule has 0 saturated heterocycles. The van der Waals surface area contributed by atoms with E-state index in [1.54, 1.807) is 12.1 Å². The van der Waals surface area contributed by atoms with Gasteiger partial charge < -0.3 is 5.32 Å². The summed E-state index contributed by atoms with van der Waals surface area (Å²) in [5.74, 6) is -0.535. The molecule has 148 valence electrons. The highest BCUT2D eigenvalue weighted by Crippen LogP contribution is 2.38. The van der Waals surface area contributed by atoms with Gasteiger partial charge in [0.25, 0.3) is 10.0 Å². The first kappa shape index (κ1) is 19.9. The molecule has 0 spiro atoms. The molecular formula is C19H17F3N2O3S. The van der Waals surface area contributed by atoms with Crippen molar-refractivity contribution in [3.63, 3.8) is 0 Å². The molecule has 9 heteroatoms. The first-order valence-corrected chi connectivity index (χ1v) is 9.85. The SMILES string of the molecule is CC(=O)Nc1ccc(NS(=O)(=O)C2=Cc3ccccc3CC2)c(C(F)(F)F)c1. The maximum Gasteiger partial charge on any atom is 0.418 e. The molecule has 0 radical (unpaired) electrons. The third-order valence-corrected chi connectivity index (χ3v) is 5.75. The minimum atomic E-state index is -4.81. The molecular weight excluding hydrogens is 393 g/mol. The number of amides is 1. The van der Waals surface area contributed by atoms with E-state index >= 15 is 0 Å². The number of carbonyl (C=O) groups excluding carboxylic acids is 1. The van der Waals surface area contributed by atoms with Crippen molar-refractivity contribution in [2.45, 2.75) is 25.9 Å². The van der Waals surface area contributed by atoms with E-state index in [0.717, 1.165) is 24.1 Å². The molecule has 0 atom stereocenters. The lowest BCUT2D eigenvalue weighted by Gasteiger charge is -2.20. The van der Waals surface area contributed by atoms with Crippen molar-refractivity contribution in [2.75, 3.05) is 10.0 Å². The first-order chi connectivity index (χ1) is 13.1. The quantitative estimate of drug-likeness (QED) is 0.785. The van der Waals surface area contributed by atoms with Crippen molar-refractivity contribution in [2.24, 2.45) is 0 Å². The summed E-state index contributed by atoms with van der Waals surface area (Å²) in [6, 6.07) is 10.1. The minimum Gasteiger partial charge on any atom is -0.326 e. The normalized spacial score (nSPS) is 14.1. The molecule has 0 aliphatic heterocycles. The van der Waals surface area contributed by atoms with Crippen LogP contribution in [0.3, 0.4) is 0 Å². The summed E-state index contributed by atoms with van der Waals surface area (Å²) in [6.45, 7) is 1.16. The van der Waals surface area contributed by atoms with Gasteiger partial charge in [-0.2, -0.15) is 13.2 Å². The van der Waals surface area contributed by atoms with Gasteiger partial charge in [0, 0.05) is 12.6 Å². The molecule has 0 unspecified atom stereocenters. The number of carbonyl (C=O) groups is 1. The number of fused-ring (bicyclic) bond motifs is 1. The van der Waals surface area contributed by atoms with E-state index in [4.69, 9.17) is 0 Å². The van der Waals surface area contributed by atoms with Gasteiger partial charge >= 0.3 is 6.18 Å². The van der Waals surface area contributed by atoms with E-state index in [0.29, 0.717) is 12.5 Å². The Morgan fingerprint density at radius 3 is 2.46 bits per heavy atom. The highest BCUT2D eigenvalue weighted by atomic mass is 32.2. The van der Waals surface area contributed by atoms with Gasteiger partial charge in [-0.1, -0.05) is 24.3 Å². The number of hydrogen-bond donors (Lipinski definition) is 2. The van der Waals surface area contributed by atoms with Gasteiger partial charge in [-0.15, -0.1) is 0 Å². The third kappa shape index (κ3) is 4.36. The number of rotatable bonds is 4. The fourth-order valence-corrected chi connectivity index (χ4v) is 4.23. The number of anilines is 2. The fourth-order valence-electron chi connectivity index (χ4n) is 2.98. The molecule has 0 aromatic heterocycles. The van der Waals surface area contributed by atoms with Gasteiger partial charge in [0.15, 0.2) is 0 Å². The van der Waals surface area contributed by atoms with Crippen LogP contribution < -0.4 is 10.0 Å². The zero-order valence-electron chi connectivity index (χ0n) is 14.8. The minimum absolute atomic E-state index is 0.0188. The standard InChI is InChI=1S/C19H17F3N2O3S/c1-12(25)23-15-7-9-18(17(11-15)19(20,21)22)24-28(26,27)16-8-6-13-4-2-3-5-14(13)10-16/h2-5,7,9-11,24H,6,8H2,1H3,(H,23,25). The van der Waals surface area contributed by atoms with E-state index in [9.17, 15) is 26.4 Å². The van der Waals surface area contributed by atoms with Crippen molar-refractivity contribution in [1.82, 2.24) is 0 Å². The van der Waals surface area contributed by atoms with Crippen LogP contribution in [0.15, 0.2) is 47.4 Å². The number of alkyl halides is 3. The van der Waals surface area contributed by atoms with Crippen LogP contribution in [0.25, 0.3) is 6.08 Å². The molecule has 0 saturated carbocycles. The second-order valence-corrected chi connectivity index (χ2v) is 8.09. The van der Waals surface area contributed by atoms with Gasteiger partial charge in [0.1, 0.15) is 0 Å². The summed E-state index contributed by atoms with van der Waals surface area (Å²) in [5, 5.41) is 2.25. The molecule has 1 aliphatic rings. The van der Waals surface area contributed by atoms with Crippen molar-refractivity contribution in [3.8, 4) is 0 Å². The molecule has 28 heavy (non-hydrogen) atoms. The monoisotopic (exact) mass is 410 g/mol. The number of nitrogens with one attached hydrogen (secondary N) is 2. The summed E-state index contributed by atoms with van der Waals surface area (Å²) in [7, 11) is -4.17. The molecule has 1 amide bonds. The molecule has 0 heterocycles. The van der Waals surface area contributed by atoms with Crippen molar-refractivity contribution >= 4 is 33.4 Å². The number of hydrogen-bond acceptors (Lipinski definition) is 3. The Balaban J connectivity index is 1.96. The lowest BCUT2D eigenvalue weighted by atomic mass is 9.98. The number of benzene rings is 2. The topological polar surface area (TPSA) is 75.3 Å². The molecule has 0 fully saturated rings. The highest BCUT2D eigenvalue weighted by Gasteiger charge is 2.35. The maximum atomic E-state index is 13.4. The zero-order valence-corrected chi connectivity index (χ0v) is 15.6. The Kier molecular flexibility index (Phi) is 5.20. The second-order valence-electron chi connectivity index (χ2n) is 6.35.